The highest BCUT2D eigenvalue weighted by atomic mass is 79.9. The second-order valence-electron chi connectivity index (χ2n) is 5.25. The summed E-state index contributed by atoms with van der Waals surface area (Å²) in [5, 5.41) is 5.57. The van der Waals surface area contributed by atoms with Gasteiger partial charge in [0.2, 0.25) is 5.91 Å². The van der Waals surface area contributed by atoms with Crippen LogP contribution >= 0.6 is 15.9 Å². The molecule has 2 N–H and O–H groups in total. The molecule has 23 heavy (non-hydrogen) atoms. The minimum Gasteiger partial charge on any atom is -0.464 e. The lowest BCUT2D eigenvalue weighted by Crippen LogP contribution is -2.32. The van der Waals surface area contributed by atoms with Crippen LogP contribution in [0.3, 0.4) is 0 Å². The van der Waals surface area contributed by atoms with Crippen LogP contribution in [0.5, 0.6) is 0 Å². The monoisotopic (exact) mass is 378 g/mol. The Balaban J connectivity index is 1.74. The van der Waals surface area contributed by atoms with Gasteiger partial charge in [0.15, 0.2) is 0 Å². The third-order valence-corrected chi connectivity index (χ3v) is 3.84. The molecule has 5 nitrogen and oxygen atoms in total. The van der Waals surface area contributed by atoms with Gasteiger partial charge in [0.25, 0.3) is 5.91 Å². The van der Waals surface area contributed by atoms with Gasteiger partial charge in [-0.15, -0.1) is 0 Å². The summed E-state index contributed by atoms with van der Waals surface area (Å²) >= 11 is 3.32. The van der Waals surface area contributed by atoms with Crippen molar-refractivity contribution in [2.24, 2.45) is 0 Å². The number of amides is 2. The number of nitrogens with one attached hydrogen (secondary N) is 2. The molecule has 2 aromatic rings. The smallest absolute Gasteiger partial charge is 0.251 e. The van der Waals surface area contributed by atoms with Crippen LogP contribution in [0.1, 0.15) is 41.3 Å². The Hall–Kier alpha value is -2.08. The molecule has 0 spiro atoms. The zero-order chi connectivity index (χ0) is 16.8. The molecule has 0 fully saturated rings. The average Bonchev–Trinajstić information content (AvgIpc) is 2.94. The molecule has 6 heteroatoms. The lowest BCUT2D eigenvalue weighted by molar-refractivity contribution is -0.121. The van der Waals surface area contributed by atoms with E-state index in [1.165, 1.54) is 0 Å². The Morgan fingerprint density at radius 3 is 2.48 bits per heavy atom. The van der Waals surface area contributed by atoms with Crippen LogP contribution in [0.25, 0.3) is 0 Å². The summed E-state index contributed by atoms with van der Waals surface area (Å²) in [6, 6.07) is 10.6. The van der Waals surface area contributed by atoms with Crippen LogP contribution in [0, 0.1) is 6.92 Å². The van der Waals surface area contributed by atoms with E-state index in [-0.39, 0.29) is 30.8 Å². The van der Waals surface area contributed by atoms with Crippen molar-refractivity contribution >= 4 is 27.7 Å². The van der Waals surface area contributed by atoms with Crippen LogP contribution in [0.2, 0.25) is 0 Å². The van der Waals surface area contributed by atoms with Crippen molar-refractivity contribution in [2.45, 2.75) is 26.3 Å². The predicted octanol–water partition coefficient (Wildman–Crippen LogP) is 3.35. The minimum atomic E-state index is -0.196. The molecular weight excluding hydrogens is 360 g/mol. The van der Waals surface area contributed by atoms with Gasteiger partial charge in [-0.3, -0.25) is 9.59 Å². The van der Waals surface area contributed by atoms with E-state index in [0.29, 0.717) is 5.56 Å². The third-order valence-electron chi connectivity index (χ3n) is 3.31. The van der Waals surface area contributed by atoms with Gasteiger partial charge in [0.1, 0.15) is 11.5 Å². The number of rotatable bonds is 6. The quantitative estimate of drug-likeness (QED) is 0.809. The highest BCUT2D eigenvalue weighted by Crippen LogP contribution is 2.15. The van der Waals surface area contributed by atoms with Crippen LogP contribution in [-0.2, 0) is 4.79 Å². The average molecular weight is 379 g/mol. The van der Waals surface area contributed by atoms with E-state index >= 15 is 0 Å². The zero-order valence-corrected chi connectivity index (χ0v) is 14.6. The Labute approximate surface area is 143 Å². The lowest BCUT2D eigenvalue weighted by Gasteiger charge is -2.12. The molecule has 0 bridgehead atoms. The summed E-state index contributed by atoms with van der Waals surface area (Å²) in [5.74, 6) is 1.19. The number of carbonyl (C=O) groups is 2. The Morgan fingerprint density at radius 1 is 1.17 bits per heavy atom. The first-order valence-electron chi connectivity index (χ1n) is 7.35. The van der Waals surface area contributed by atoms with Gasteiger partial charge >= 0.3 is 0 Å². The molecule has 1 aromatic carbocycles. The minimum absolute atomic E-state index is 0.136. The van der Waals surface area contributed by atoms with Crippen molar-refractivity contribution in [3.8, 4) is 0 Å². The molecule has 0 aliphatic heterocycles. The second kappa shape index (κ2) is 7.97. The molecule has 1 atom stereocenters. The molecule has 0 aliphatic carbocycles. The number of hydrogen-bond donors (Lipinski definition) is 2. The molecule has 1 heterocycles. The summed E-state index contributed by atoms with van der Waals surface area (Å²) in [6.07, 6.45) is 0.215. The molecule has 0 aliphatic rings. The summed E-state index contributed by atoms with van der Waals surface area (Å²) in [7, 11) is 0. The number of benzene rings is 1. The number of carbonyl (C=O) groups excluding carboxylic acids is 2. The molecular formula is C17H19BrN2O3. The molecule has 1 aromatic heterocycles. The Kier molecular flexibility index (Phi) is 5.98. The molecule has 1 unspecified atom stereocenters. The first kappa shape index (κ1) is 17.3. The largest absolute Gasteiger partial charge is 0.464 e. The predicted molar refractivity (Wildman–Crippen MR) is 91.1 cm³/mol. The van der Waals surface area contributed by atoms with Crippen molar-refractivity contribution in [1.82, 2.24) is 10.6 Å². The Bertz CT molecular complexity index is 679. The molecule has 2 rings (SSSR count). The fourth-order valence-corrected chi connectivity index (χ4v) is 2.33. The second-order valence-corrected chi connectivity index (χ2v) is 6.17. The third kappa shape index (κ3) is 5.25. The van der Waals surface area contributed by atoms with Crippen LogP contribution < -0.4 is 10.6 Å². The van der Waals surface area contributed by atoms with E-state index in [1.54, 1.807) is 24.3 Å². The van der Waals surface area contributed by atoms with Gasteiger partial charge in [-0.2, -0.15) is 0 Å². The van der Waals surface area contributed by atoms with E-state index in [1.807, 2.05) is 26.0 Å². The summed E-state index contributed by atoms with van der Waals surface area (Å²) in [6.45, 7) is 4.00. The van der Waals surface area contributed by atoms with Crippen molar-refractivity contribution in [3.05, 3.63) is 58.0 Å². The molecule has 0 saturated carbocycles. The molecule has 2 amide bonds. The number of halogens is 1. The molecule has 0 saturated heterocycles. The highest BCUT2D eigenvalue weighted by molar-refractivity contribution is 9.10. The lowest BCUT2D eigenvalue weighted by atomic mass is 10.2. The summed E-state index contributed by atoms with van der Waals surface area (Å²) in [5.41, 5.74) is 0.563. The fraction of sp³-hybridized carbons (Fsp3) is 0.294. The van der Waals surface area contributed by atoms with Gasteiger partial charge in [-0.05, 0) is 50.2 Å². The molecule has 122 valence electrons. The van der Waals surface area contributed by atoms with Crippen molar-refractivity contribution < 1.29 is 14.0 Å². The van der Waals surface area contributed by atoms with Gasteiger partial charge in [0, 0.05) is 23.0 Å². The summed E-state index contributed by atoms with van der Waals surface area (Å²) < 4.78 is 6.38. The van der Waals surface area contributed by atoms with Crippen LogP contribution in [-0.4, -0.2) is 18.4 Å². The number of aryl methyl sites for hydroxylation is 1. The van der Waals surface area contributed by atoms with E-state index in [0.717, 1.165) is 16.0 Å². The van der Waals surface area contributed by atoms with E-state index in [2.05, 4.69) is 26.6 Å². The Morgan fingerprint density at radius 2 is 1.87 bits per heavy atom. The van der Waals surface area contributed by atoms with E-state index < -0.39 is 0 Å². The van der Waals surface area contributed by atoms with Gasteiger partial charge in [0.05, 0.1) is 6.04 Å². The van der Waals surface area contributed by atoms with Crippen molar-refractivity contribution in [1.29, 1.82) is 0 Å². The number of furan rings is 1. The van der Waals surface area contributed by atoms with Gasteiger partial charge in [-0.1, -0.05) is 15.9 Å². The van der Waals surface area contributed by atoms with Crippen LogP contribution in [0.15, 0.2) is 45.3 Å². The maximum atomic E-state index is 11.9. The normalized spacial score (nSPS) is 11.8. The maximum Gasteiger partial charge on any atom is 0.251 e. The first-order chi connectivity index (χ1) is 11.0. The number of hydrogen-bond acceptors (Lipinski definition) is 3. The maximum absolute atomic E-state index is 11.9. The van der Waals surface area contributed by atoms with Gasteiger partial charge in [-0.25, -0.2) is 0 Å². The fourth-order valence-electron chi connectivity index (χ4n) is 2.06. The summed E-state index contributed by atoms with van der Waals surface area (Å²) in [4.78, 5) is 23.8. The molecule has 0 radical (unpaired) electrons. The highest BCUT2D eigenvalue weighted by Gasteiger charge is 2.13. The first-order valence-corrected chi connectivity index (χ1v) is 8.14. The SMILES string of the molecule is Cc1ccc(C(C)NC(=O)CCNC(=O)c2ccc(Br)cc2)o1. The van der Waals surface area contributed by atoms with Crippen molar-refractivity contribution in [3.63, 3.8) is 0 Å². The van der Waals surface area contributed by atoms with Crippen LogP contribution in [0.4, 0.5) is 0 Å². The van der Waals surface area contributed by atoms with Gasteiger partial charge < -0.3 is 15.1 Å². The van der Waals surface area contributed by atoms with E-state index in [4.69, 9.17) is 4.42 Å². The van der Waals surface area contributed by atoms with Crippen molar-refractivity contribution in [2.75, 3.05) is 6.54 Å². The zero-order valence-electron chi connectivity index (χ0n) is 13.1. The van der Waals surface area contributed by atoms with E-state index in [9.17, 15) is 9.59 Å². The standard InChI is InChI=1S/C17H19BrN2O3/c1-11-3-8-15(23-11)12(2)20-16(21)9-10-19-17(22)13-4-6-14(18)7-5-13/h3-8,12H,9-10H2,1-2H3,(H,19,22)(H,20,21). The topological polar surface area (TPSA) is 71.3 Å².